The molecule has 1 atom stereocenters. The fraction of sp³-hybridized carbons (Fsp3) is 0.500. The van der Waals surface area contributed by atoms with Crippen LogP contribution in [0.25, 0.3) is 11.3 Å². The lowest BCUT2D eigenvalue weighted by molar-refractivity contribution is -0.145. The number of aromatic nitrogens is 1. The molecule has 0 aliphatic carbocycles. The molecule has 0 unspecified atom stereocenters. The molecular weight excluding hydrogens is 354 g/mol. The Morgan fingerprint density at radius 1 is 1.29 bits per heavy atom. The molecule has 1 aliphatic heterocycles. The maximum atomic E-state index is 13.4. The third-order valence-electron chi connectivity index (χ3n) is 5.72. The zero-order valence-corrected chi connectivity index (χ0v) is 17.1. The number of rotatable bonds is 6. The Balaban J connectivity index is 1.91. The minimum Gasteiger partial charge on any atom is -0.361 e. The summed E-state index contributed by atoms with van der Waals surface area (Å²) in [4.78, 5) is 27.4. The molecule has 0 saturated carbocycles. The van der Waals surface area contributed by atoms with Gasteiger partial charge in [0, 0.05) is 37.1 Å². The first-order valence-electron chi connectivity index (χ1n) is 9.89. The Morgan fingerprint density at radius 2 is 2.00 bits per heavy atom. The number of carbonyl (C=O) groups excluding carboxylic acids is 2. The smallest absolute Gasteiger partial charge is 0.246 e. The van der Waals surface area contributed by atoms with Gasteiger partial charge in [-0.2, -0.15) is 0 Å². The predicted octanol–water partition coefficient (Wildman–Crippen LogP) is 3.57. The van der Waals surface area contributed by atoms with Crippen molar-refractivity contribution in [2.45, 2.75) is 64.5 Å². The van der Waals surface area contributed by atoms with Gasteiger partial charge in [0.15, 0.2) is 0 Å². The van der Waals surface area contributed by atoms with Gasteiger partial charge in [-0.05, 0) is 33.1 Å². The van der Waals surface area contributed by atoms with E-state index < -0.39 is 5.54 Å². The van der Waals surface area contributed by atoms with Crippen molar-refractivity contribution >= 4 is 11.8 Å². The normalized spacial score (nSPS) is 19.6. The Bertz CT molecular complexity index is 844. The largest absolute Gasteiger partial charge is 0.361 e. The molecule has 3 rings (SSSR count). The molecule has 2 heterocycles. The fourth-order valence-corrected chi connectivity index (χ4v) is 3.78. The summed E-state index contributed by atoms with van der Waals surface area (Å²) in [6, 6.07) is 11.6. The van der Waals surface area contributed by atoms with Gasteiger partial charge in [0.05, 0.1) is 0 Å². The van der Waals surface area contributed by atoms with Gasteiger partial charge in [0.2, 0.25) is 11.8 Å². The summed E-state index contributed by atoms with van der Waals surface area (Å²) in [5.74, 6) is 0.394. The van der Waals surface area contributed by atoms with E-state index >= 15 is 0 Å². The summed E-state index contributed by atoms with van der Waals surface area (Å²) in [7, 11) is 0. The fourth-order valence-electron chi connectivity index (χ4n) is 3.78. The van der Waals surface area contributed by atoms with Crippen molar-refractivity contribution in [3.63, 3.8) is 0 Å². The van der Waals surface area contributed by atoms with E-state index in [9.17, 15) is 9.59 Å². The molecule has 1 aromatic heterocycles. The number of amides is 2. The van der Waals surface area contributed by atoms with Crippen molar-refractivity contribution in [2.75, 3.05) is 6.54 Å². The molecule has 6 nitrogen and oxygen atoms in total. The Kier molecular flexibility index (Phi) is 5.59. The molecule has 150 valence electrons. The molecule has 1 aromatic carbocycles. The molecule has 1 saturated heterocycles. The highest BCUT2D eigenvalue weighted by molar-refractivity contribution is 5.92. The quantitative estimate of drug-likeness (QED) is 0.827. The summed E-state index contributed by atoms with van der Waals surface area (Å²) in [5.41, 5.74) is 0.405. The molecule has 28 heavy (non-hydrogen) atoms. The van der Waals surface area contributed by atoms with Crippen molar-refractivity contribution in [3.05, 3.63) is 42.2 Å². The van der Waals surface area contributed by atoms with Gasteiger partial charge in [-0.3, -0.25) is 9.59 Å². The first-order chi connectivity index (χ1) is 13.3. The highest BCUT2D eigenvalue weighted by atomic mass is 16.5. The van der Waals surface area contributed by atoms with Crippen LogP contribution in [-0.2, 0) is 16.0 Å². The lowest BCUT2D eigenvalue weighted by Gasteiger charge is -2.39. The third-order valence-corrected chi connectivity index (χ3v) is 5.72. The maximum absolute atomic E-state index is 13.4. The zero-order valence-electron chi connectivity index (χ0n) is 17.1. The summed E-state index contributed by atoms with van der Waals surface area (Å²) >= 11 is 0. The number of carbonyl (C=O) groups is 2. The Hall–Kier alpha value is -2.63. The molecule has 1 aliphatic rings. The van der Waals surface area contributed by atoms with E-state index in [1.807, 2.05) is 57.2 Å². The highest BCUT2D eigenvalue weighted by Gasteiger charge is 2.50. The van der Waals surface area contributed by atoms with E-state index in [2.05, 4.69) is 10.5 Å². The van der Waals surface area contributed by atoms with Gasteiger partial charge < -0.3 is 14.7 Å². The van der Waals surface area contributed by atoms with Crippen LogP contribution in [0.1, 0.15) is 52.7 Å². The molecule has 1 N–H and O–H groups in total. The molecule has 2 amide bonds. The summed E-state index contributed by atoms with van der Waals surface area (Å²) < 4.78 is 5.57. The second-order valence-corrected chi connectivity index (χ2v) is 8.22. The maximum Gasteiger partial charge on any atom is 0.246 e. The van der Waals surface area contributed by atoms with E-state index in [4.69, 9.17) is 4.52 Å². The average molecular weight is 383 g/mol. The average Bonchev–Trinajstić information content (AvgIpc) is 3.30. The lowest BCUT2D eigenvalue weighted by Crippen LogP contribution is -2.61. The number of nitrogens with zero attached hydrogens (tertiary/aromatic N) is 2. The van der Waals surface area contributed by atoms with Crippen molar-refractivity contribution in [2.24, 2.45) is 0 Å². The number of nitrogens with one attached hydrogen (secondary N) is 1. The van der Waals surface area contributed by atoms with Gasteiger partial charge in [0.1, 0.15) is 17.0 Å². The van der Waals surface area contributed by atoms with E-state index in [1.165, 1.54) is 6.92 Å². The first kappa shape index (κ1) is 20.1. The SMILES string of the molecule is CCC(C)(C)NC(=O)[C@@]1(Cc2cc(-c3ccccc3)no2)CCCN1C(C)=O. The Labute approximate surface area is 166 Å². The summed E-state index contributed by atoms with van der Waals surface area (Å²) in [5, 5.41) is 7.31. The minimum absolute atomic E-state index is 0.0928. The van der Waals surface area contributed by atoms with E-state index in [-0.39, 0.29) is 17.4 Å². The van der Waals surface area contributed by atoms with E-state index in [0.717, 1.165) is 24.1 Å². The number of likely N-dealkylation sites (tertiary alicyclic amines) is 1. The minimum atomic E-state index is -0.939. The molecule has 0 bridgehead atoms. The van der Waals surface area contributed by atoms with Crippen molar-refractivity contribution in [1.29, 1.82) is 0 Å². The van der Waals surface area contributed by atoms with Gasteiger partial charge in [-0.15, -0.1) is 0 Å². The summed E-state index contributed by atoms with van der Waals surface area (Å²) in [6.45, 7) is 8.12. The van der Waals surface area contributed by atoms with E-state index in [1.54, 1.807) is 4.90 Å². The monoisotopic (exact) mass is 383 g/mol. The van der Waals surface area contributed by atoms with Crippen molar-refractivity contribution in [1.82, 2.24) is 15.4 Å². The van der Waals surface area contributed by atoms with Crippen LogP contribution in [0.5, 0.6) is 0 Å². The standard InChI is InChI=1S/C22H29N3O3/c1-5-21(3,4)23-20(27)22(12-9-13-25(22)16(2)26)15-18-14-19(24-28-18)17-10-7-6-8-11-17/h6-8,10-11,14H,5,9,12-13,15H2,1-4H3,(H,23,27)/t22-/m0/s1. The van der Waals surface area contributed by atoms with Gasteiger partial charge in [-0.1, -0.05) is 42.4 Å². The highest BCUT2D eigenvalue weighted by Crippen LogP contribution is 2.35. The second-order valence-electron chi connectivity index (χ2n) is 8.22. The third kappa shape index (κ3) is 3.96. The number of hydrogen-bond donors (Lipinski definition) is 1. The second kappa shape index (κ2) is 7.78. The van der Waals surface area contributed by atoms with Crippen LogP contribution in [0.4, 0.5) is 0 Å². The van der Waals surface area contributed by atoms with Crippen LogP contribution in [-0.4, -0.2) is 39.5 Å². The van der Waals surface area contributed by atoms with Crippen LogP contribution >= 0.6 is 0 Å². The van der Waals surface area contributed by atoms with Crippen LogP contribution in [0.3, 0.4) is 0 Å². The van der Waals surface area contributed by atoms with Crippen LogP contribution < -0.4 is 5.32 Å². The number of hydrogen-bond acceptors (Lipinski definition) is 4. The van der Waals surface area contributed by atoms with E-state index in [0.29, 0.717) is 25.1 Å². The van der Waals surface area contributed by atoms with Crippen LogP contribution in [0, 0.1) is 0 Å². The van der Waals surface area contributed by atoms with Crippen LogP contribution in [0.15, 0.2) is 40.9 Å². The van der Waals surface area contributed by atoms with Gasteiger partial charge in [0.25, 0.3) is 0 Å². The zero-order chi connectivity index (χ0) is 20.4. The molecule has 6 heteroatoms. The molecule has 1 fully saturated rings. The summed E-state index contributed by atoms with van der Waals surface area (Å²) in [6.07, 6.45) is 2.52. The van der Waals surface area contributed by atoms with Gasteiger partial charge in [-0.25, -0.2) is 0 Å². The van der Waals surface area contributed by atoms with Crippen molar-refractivity contribution in [3.8, 4) is 11.3 Å². The number of benzene rings is 1. The molecule has 0 spiro atoms. The topological polar surface area (TPSA) is 75.4 Å². The van der Waals surface area contributed by atoms with Crippen molar-refractivity contribution < 1.29 is 14.1 Å². The molecule has 2 aromatic rings. The molecular formula is C22H29N3O3. The Morgan fingerprint density at radius 3 is 2.64 bits per heavy atom. The van der Waals surface area contributed by atoms with Crippen LogP contribution in [0.2, 0.25) is 0 Å². The first-order valence-corrected chi connectivity index (χ1v) is 9.89. The lowest BCUT2D eigenvalue weighted by atomic mass is 9.87. The molecule has 0 radical (unpaired) electrons. The predicted molar refractivity (Wildman–Crippen MR) is 108 cm³/mol. The van der Waals surface area contributed by atoms with Gasteiger partial charge >= 0.3 is 0 Å².